The lowest BCUT2D eigenvalue weighted by molar-refractivity contribution is -0.153. The molecule has 0 spiro atoms. The van der Waals surface area contributed by atoms with Crippen molar-refractivity contribution in [2.75, 3.05) is 40.8 Å². The Kier molecular flexibility index (Phi) is 7.03. The molecule has 166 valence electrons. The van der Waals surface area contributed by atoms with Crippen LogP contribution in [0.15, 0.2) is 0 Å². The molecular weight excluding hydrogens is 370 g/mol. The van der Waals surface area contributed by atoms with Gasteiger partial charge in [-0.15, -0.1) is 0 Å². The molecule has 29 heavy (non-hydrogen) atoms. The monoisotopic (exact) mass is 409 g/mol. The average molecular weight is 410 g/mol. The molecule has 0 aromatic carbocycles. The van der Waals surface area contributed by atoms with Crippen LogP contribution in [0.5, 0.6) is 0 Å². The van der Waals surface area contributed by atoms with E-state index in [0.717, 1.165) is 19.5 Å². The van der Waals surface area contributed by atoms with E-state index in [0.29, 0.717) is 25.4 Å². The molecule has 0 radical (unpaired) electrons. The fraction of sp³-hybridized carbons (Fsp3) is 0.864. The van der Waals surface area contributed by atoms with E-state index >= 15 is 0 Å². The molecule has 2 aliphatic rings. The van der Waals surface area contributed by atoms with E-state index in [1.54, 1.807) is 4.90 Å². The maximum Gasteiger partial charge on any atom is 0.328 e. The van der Waals surface area contributed by atoms with Gasteiger partial charge in [-0.25, -0.2) is 4.79 Å². The van der Waals surface area contributed by atoms with Crippen LogP contribution in [0.1, 0.15) is 53.9 Å². The van der Waals surface area contributed by atoms with E-state index in [1.807, 2.05) is 39.5 Å². The predicted octanol–water partition coefficient (Wildman–Crippen LogP) is 2.00. The van der Waals surface area contributed by atoms with Crippen molar-refractivity contribution < 1.29 is 19.1 Å². The molecule has 0 aromatic rings. The summed E-state index contributed by atoms with van der Waals surface area (Å²) in [5.74, 6) is -0.163. The highest BCUT2D eigenvalue weighted by atomic mass is 16.5. The molecule has 0 bridgehead atoms. The zero-order chi connectivity index (χ0) is 22.1. The molecule has 7 nitrogen and oxygen atoms in total. The van der Waals surface area contributed by atoms with Gasteiger partial charge in [-0.3, -0.25) is 9.59 Å². The number of ether oxygens (including phenoxy) is 1. The molecular formula is C22H39N3O4. The molecule has 0 saturated carbocycles. The highest BCUT2D eigenvalue weighted by Gasteiger charge is 2.46. The summed E-state index contributed by atoms with van der Waals surface area (Å²) >= 11 is 0. The Morgan fingerprint density at radius 1 is 1.03 bits per heavy atom. The van der Waals surface area contributed by atoms with Crippen LogP contribution in [0.25, 0.3) is 0 Å². The van der Waals surface area contributed by atoms with Crippen LogP contribution in [0.2, 0.25) is 0 Å². The van der Waals surface area contributed by atoms with Crippen molar-refractivity contribution in [2.24, 2.45) is 16.7 Å². The van der Waals surface area contributed by atoms with Crippen LogP contribution in [-0.2, 0) is 19.1 Å². The van der Waals surface area contributed by atoms with Gasteiger partial charge in [-0.2, -0.15) is 0 Å². The van der Waals surface area contributed by atoms with E-state index in [-0.39, 0.29) is 23.7 Å². The second kappa shape index (κ2) is 8.62. The number of hydrogen-bond acceptors (Lipinski definition) is 5. The first-order valence-electron chi connectivity index (χ1n) is 10.6. The van der Waals surface area contributed by atoms with E-state index < -0.39 is 16.9 Å². The summed E-state index contributed by atoms with van der Waals surface area (Å²) in [6, 6.07) is -0.155. The quantitative estimate of drug-likeness (QED) is 0.650. The summed E-state index contributed by atoms with van der Waals surface area (Å²) in [4.78, 5) is 44.2. The standard InChI is InChI=1S/C22H39N3O4/c1-21(2,3)19(27)25-13-15(11-17(25)18(26)29-8)12-22(4,5)20(28)24-10-9-16(14-24)23(6)7/h15-17H,9-14H2,1-8H3/t15?,16-,17-/m1/s1. The summed E-state index contributed by atoms with van der Waals surface area (Å²) in [6.45, 7) is 11.6. The molecule has 2 rings (SSSR count). The number of amides is 2. The minimum atomic E-state index is -0.566. The molecule has 1 unspecified atom stereocenters. The van der Waals surface area contributed by atoms with Crippen molar-refractivity contribution in [1.29, 1.82) is 0 Å². The van der Waals surface area contributed by atoms with Crippen molar-refractivity contribution in [2.45, 2.75) is 66.0 Å². The molecule has 2 aliphatic heterocycles. The Balaban J connectivity index is 2.09. The second-order valence-corrected chi connectivity index (χ2v) is 10.6. The van der Waals surface area contributed by atoms with Crippen LogP contribution >= 0.6 is 0 Å². The number of hydrogen-bond donors (Lipinski definition) is 0. The van der Waals surface area contributed by atoms with Gasteiger partial charge in [-0.1, -0.05) is 34.6 Å². The fourth-order valence-electron chi connectivity index (χ4n) is 4.67. The van der Waals surface area contributed by atoms with Crippen molar-refractivity contribution in [3.63, 3.8) is 0 Å². The molecule has 2 saturated heterocycles. The summed E-state index contributed by atoms with van der Waals surface area (Å²) in [5.41, 5.74) is -1.10. The third kappa shape index (κ3) is 5.30. The van der Waals surface area contributed by atoms with E-state index in [1.165, 1.54) is 7.11 Å². The number of nitrogens with zero attached hydrogens (tertiary/aromatic N) is 3. The Bertz CT molecular complexity index is 638. The summed E-state index contributed by atoms with van der Waals surface area (Å²) in [6.07, 6.45) is 2.19. The number of carbonyl (C=O) groups is 3. The van der Waals surface area contributed by atoms with Gasteiger partial charge in [0.15, 0.2) is 0 Å². The summed E-state index contributed by atoms with van der Waals surface area (Å²) in [5, 5.41) is 0. The van der Waals surface area contributed by atoms with Crippen molar-refractivity contribution in [1.82, 2.24) is 14.7 Å². The van der Waals surface area contributed by atoms with Crippen molar-refractivity contribution >= 4 is 17.8 Å². The highest BCUT2D eigenvalue weighted by Crippen LogP contribution is 2.37. The first-order chi connectivity index (χ1) is 13.3. The zero-order valence-corrected chi connectivity index (χ0v) is 19.4. The smallest absolute Gasteiger partial charge is 0.328 e. The molecule has 2 heterocycles. The predicted molar refractivity (Wildman–Crippen MR) is 112 cm³/mol. The van der Waals surface area contributed by atoms with Crippen LogP contribution in [-0.4, -0.2) is 85.4 Å². The number of rotatable bonds is 5. The number of likely N-dealkylation sites (tertiary alicyclic amines) is 2. The highest BCUT2D eigenvalue weighted by molar-refractivity contribution is 5.88. The number of methoxy groups -OCH3 is 1. The van der Waals surface area contributed by atoms with Gasteiger partial charge in [0.25, 0.3) is 0 Å². The van der Waals surface area contributed by atoms with Gasteiger partial charge in [0.1, 0.15) is 6.04 Å². The number of esters is 1. The first-order valence-corrected chi connectivity index (χ1v) is 10.6. The Morgan fingerprint density at radius 2 is 1.66 bits per heavy atom. The van der Waals surface area contributed by atoms with Gasteiger partial charge >= 0.3 is 5.97 Å². The second-order valence-electron chi connectivity index (χ2n) is 10.6. The molecule has 7 heteroatoms. The van der Waals surface area contributed by atoms with Gasteiger partial charge in [-0.05, 0) is 39.3 Å². The Labute approximate surface area is 175 Å². The topological polar surface area (TPSA) is 70.2 Å². The summed E-state index contributed by atoms with van der Waals surface area (Å²) < 4.78 is 4.96. The van der Waals surface area contributed by atoms with Crippen molar-refractivity contribution in [3.8, 4) is 0 Å². The number of likely N-dealkylation sites (N-methyl/N-ethyl adjacent to an activating group) is 1. The van der Waals surface area contributed by atoms with Crippen molar-refractivity contribution in [3.05, 3.63) is 0 Å². The molecule has 2 fully saturated rings. The maximum absolute atomic E-state index is 13.2. The van der Waals surface area contributed by atoms with Gasteiger partial charge < -0.3 is 19.4 Å². The molecule has 0 aromatic heterocycles. The Morgan fingerprint density at radius 3 is 2.14 bits per heavy atom. The minimum absolute atomic E-state index is 0.0482. The lowest BCUT2D eigenvalue weighted by atomic mass is 9.80. The average Bonchev–Trinajstić information content (AvgIpc) is 3.25. The third-order valence-corrected chi connectivity index (χ3v) is 6.32. The first kappa shape index (κ1) is 23.6. The number of carbonyl (C=O) groups excluding carboxylic acids is 3. The van der Waals surface area contributed by atoms with Crippen LogP contribution in [0.4, 0.5) is 0 Å². The Hall–Kier alpha value is -1.63. The van der Waals surface area contributed by atoms with E-state index in [4.69, 9.17) is 4.74 Å². The van der Waals surface area contributed by atoms with Crippen LogP contribution < -0.4 is 0 Å². The SMILES string of the molecule is COC(=O)[C@H]1CC(CC(C)(C)C(=O)N2CC[C@@H](N(C)C)C2)CN1C(=O)C(C)(C)C. The van der Waals surface area contributed by atoms with Crippen LogP contribution in [0.3, 0.4) is 0 Å². The minimum Gasteiger partial charge on any atom is -0.467 e. The normalized spacial score (nSPS) is 25.6. The van der Waals surface area contributed by atoms with Gasteiger partial charge in [0.05, 0.1) is 7.11 Å². The largest absolute Gasteiger partial charge is 0.467 e. The zero-order valence-electron chi connectivity index (χ0n) is 19.4. The van der Waals surface area contributed by atoms with Crippen LogP contribution in [0, 0.1) is 16.7 Å². The fourth-order valence-corrected chi connectivity index (χ4v) is 4.67. The maximum atomic E-state index is 13.2. The molecule has 2 amide bonds. The van der Waals surface area contributed by atoms with Gasteiger partial charge in [0, 0.05) is 36.5 Å². The lowest BCUT2D eigenvalue weighted by Crippen LogP contribution is -2.46. The van der Waals surface area contributed by atoms with E-state index in [9.17, 15) is 14.4 Å². The molecule has 0 aliphatic carbocycles. The third-order valence-electron chi connectivity index (χ3n) is 6.32. The molecule has 3 atom stereocenters. The molecule has 0 N–H and O–H groups in total. The van der Waals surface area contributed by atoms with E-state index in [2.05, 4.69) is 19.0 Å². The van der Waals surface area contributed by atoms with Gasteiger partial charge in [0.2, 0.25) is 11.8 Å². The lowest BCUT2D eigenvalue weighted by Gasteiger charge is -2.32. The summed E-state index contributed by atoms with van der Waals surface area (Å²) in [7, 11) is 5.46.